The minimum absolute atomic E-state index is 0.110. The number of fused-ring (bicyclic) bond motifs is 1. The van der Waals surface area contributed by atoms with Crippen LogP contribution in [0.1, 0.15) is 55.1 Å². The van der Waals surface area contributed by atoms with Crippen molar-refractivity contribution < 1.29 is 23.5 Å². The summed E-state index contributed by atoms with van der Waals surface area (Å²) in [4.78, 5) is 33.4. The summed E-state index contributed by atoms with van der Waals surface area (Å²) in [6, 6.07) is 8.20. The largest absolute Gasteiger partial charge is 0.494 e. The van der Waals surface area contributed by atoms with E-state index in [4.69, 9.17) is 21.1 Å². The Morgan fingerprint density at radius 1 is 1.12 bits per heavy atom. The van der Waals surface area contributed by atoms with Crippen molar-refractivity contribution in [2.75, 3.05) is 13.7 Å². The first kappa shape index (κ1) is 28.1. The molecule has 2 aromatic heterocycles. The third-order valence-electron chi connectivity index (χ3n) is 8.38. The molecule has 11 heteroatoms. The number of carbonyl (C=O) groups excluding carboxylic acids is 2. The molecule has 2 aromatic carbocycles. The Hall–Kier alpha value is -4.05. The molecule has 0 aliphatic heterocycles. The van der Waals surface area contributed by atoms with Crippen LogP contribution in [0.15, 0.2) is 48.9 Å². The average Bonchev–Trinajstić information content (AvgIpc) is 3.32. The highest BCUT2D eigenvalue weighted by atomic mass is 35.5. The van der Waals surface area contributed by atoms with Crippen LogP contribution in [0.25, 0.3) is 22.2 Å². The number of halogens is 2. The maximum absolute atomic E-state index is 14.1. The number of methoxy groups -OCH3 is 1. The maximum Gasteiger partial charge on any atom is 0.302 e. The molecule has 0 atom stereocenters. The van der Waals surface area contributed by atoms with E-state index in [2.05, 4.69) is 20.4 Å². The normalized spacial score (nSPS) is 21.0. The highest BCUT2D eigenvalue weighted by molar-refractivity contribution is 6.32. The molecule has 2 fully saturated rings. The first-order valence-corrected chi connectivity index (χ1v) is 14.3. The van der Waals surface area contributed by atoms with Gasteiger partial charge >= 0.3 is 5.97 Å². The van der Waals surface area contributed by atoms with E-state index >= 15 is 0 Å². The quantitative estimate of drug-likeness (QED) is 0.253. The number of nitrogens with one attached hydrogen (secondary N) is 1. The summed E-state index contributed by atoms with van der Waals surface area (Å²) in [7, 11) is 1.42. The number of carbonyl (C=O) groups is 2. The summed E-state index contributed by atoms with van der Waals surface area (Å²) in [5.41, 5.74) is 3.17. The minimum atomic E-state index is -0.474. The lowest BCUT2D eigenvalue weighted by Gasteiger charge is -2.58. The number of ether oxygens (including phenoxy) is 2. The third-order valence-corrected chi connectivity index (χ3v) is 8.59. The van der Waals surface area contributed by atoms with Crippen LogP contribution in [0.5, 0.6) is 5.75 Å². The van der Waals surface area contributed by atoms with E-state index in [0.717, 1.165) is 37.5 Å². The number of aromatic nitrogens is 4. The molecule has 0 unspecified atom stereocenters. The van der Waals surface area contributed by atoms with Crippen LogP contribution in [0.3, 0.4) is 0 Å². The Bertz CT molecular complexity index is 1640. The fourth-order valence-electron chi connectivity index (χ4n) is 6.48. The molecule has 1 spiro atoms. The van der Waals surface area contributed by atoms with E-state index in [1.54, 1.807) is 47.5 Å². The molecule has 218 valence electrons. The number of hydrogen-bond acceptors (Lipinski definition) is 7. The smallest absolute Gasteiger partial charge is 0.302 e. The molecule has 9 nitrogen and oxygen atoms in total. The molecule has 6 rings (SSSR count). The minimum Gasteiger partial charge on any atom is -0.494 e. The summed E-state index contributed by atoms with van der Waals surface area (Å²) >= 11 is 6.38. The van der Waals surface area contributed by atoms with Gasteiger partial charge in [-0.2, -0.15) is 5.10 Å². The lowest BCUT2D eigenvalue weighted by molar-refractivity contribution is -0.142. The second-order valence-electron chi connectivity index (χ2n) is 11.4. The molecular weight excluding hydrogens is 561 g/mol. The van der Waals surface area contributed by atoms with E-state index in [0.29, 0.717) is 51.0 Å². The molecule has 2 heterocycles. The standard InChI is InChI=1S/C31H31ClFN5O4/c1-18(39)42-6-5-19-10-31(11-19)12-23(13-31)37-30(40)25-9-22(32)7-21-14-36-38(29(21)25)17-24-15-35-27(16-34-24)20-3-4-28(41-2)26(33)8-20/h3-4,7-9,14-16,19,23H,5-6,10-13,17H2,1-2H3,(H,37,40). The summed E-state index contributed by atoms with van der Waals surface area (Å²) in [5, 5.41) is 8.91. The summed E-state index contributed by atoms with van der Waals surface area (Å²) in [6.07, 6.45) is 9.91. The van der Waals surface area contributed by atoms with Crippen molar-refractivity contribution in [2.45, 2.75) is 51.6 Å². The van der Waals surface area contributed by atoms with Crippen molar-refractivity contribution in [3.63, 3.8) is 0 Å². The van der Waals surface area contributed by atoms with Crippen molar-refractivity contribution >= 4 is 34.4 Å². The highest BCUT2D eigenvalue weighted by Crippen LogP contribution is 2.59. The van der Waals surface area contributed by atoms with Crippen LogP contribution in [0, 0.1) is 17.2 Å². The molecule has 2 aliphatic carbocycles. The van der Waals surface area contributed by atoms with Crippen LogP contribution in [-0.2, 0) is 16.1 Å². The molecule has 0 saturated heterocycles. The van der Waals surface area contributed by atoms with Gasteiger partial charge in [0.05, 0.1) is 61.3 Å². The number of nitrogens with zero attached hydrogens (tertiary/aromatic N) is 4. The van der Waals surface area contributed by atoms with Crippen molar-refractivity contribution in [2.24, 2.45) is 11.3 Å². The first-order valence-electron chi connectivity index (χ1n) is 14.0. The van der Waals surface area contributed by atoms with E-state index in [-0.39, 0.29) is 30.2 Å². The third kappa shape index (κ3) is 5.68. The van der Waals surface area contributed by atoms with Gasteiger partial charge in [-0.15, -0.1) is 0 Å². The van der Waals surface area contributed by atoms with E-state index in [1.807, 2.05) is 0 Å². The van der Waals surface area contributed by atoms with Gasteiger partial charge in [-0.05, 0) is 73.8 Å². The summed E-state index contributed by atoms with van der Waals surface area (Å²) in [5.74, 6) is -0.149. The zero-order chi connectivity index (χ0) is 29.4. The van der Waals surface area contributed by atoms with Crippen LogP contribution in [0.4, 0.5) is 4.39 Å². The second-order valence-corrected chi connectivity index (χ2v) is 11.9. The molecule has 1 N–H and O–H groups in total. The Labute approximate surface area is 247 Å². The summed E-state index contributed by atoms with van der Waals surface area (Å²) in [6.45, 7) is 2.20. The number of rotatable bonds is 9. The van der Waals surface area contributed by atoms with Crippen molar-refractivity contribution in [3.8, 4) is 17.0 Å². The Kier molecular flexibility index (Phi) is 7.57. The van der Waals surface area contributed by atoms with E-state index in [9.17, 15) is 14.0 Å². The predicted molar refractivity (Wildman–Crippen MR) is 155 cm³/mol. The molecule has 0 radical (unpaired) electrons. The van der Waals surface area contributed by atoms with Gasteiger partial charge < -0.3 is 14.8 Å². The number of hydrogen-bond donors (Lipinski definition) is 1. The summed E-state index contributed by atoms with van der Waals surface area (Å²) < 4.78 is 25.9. The topological polar surface area (TPSA) is 108 Å². The number of benzene rings is 2. The van der Waals surface area contributed by atoms with Gasteiger partial charge in [-0.3, -0.25) is 24.2 Å². The lowest BCUT2D eigenvalue weighted by atomic mass is 9.49. The average molecular weight is 592 g/mol. The number of amides is 1. The Morgan fingerprint density at radius 2 is 1.93 bits per heavy atom. The van der Waals surface area contributed by atoms with Crippen LogP contribution < -0.4 is 10.1 Å². The zero-order valence-electron chi connectivity index (χ0n) is 23.4. The lowest BCUT2D eigenvalue weighted by Crippen LogP contribution is -2.56. The van der Waals surface area contributed by atoms with Crippen molar-refractivity contribution in [1.82, 2.24) is 25.1 Å². The second kappa shape index (κ2) is 11.3. The van der Waals surface area contributed by atoms with Gasteiger partial charge in [0.15, 0.2) is 11.6 Å². The Morgan fingerprint density at radius 3 is 2.62 bits per heavy atom. The fourth-order valence-corrected chi connectivity index (χ4v) is 6.70. The van der Waals surface area contributed by atoms with E-state index < -0.39 is 5.82 Å². The van der Waals surface area contributed by atoms with Gasteiger partial charge in [-0.1, -0.05) is 11.6 Å². The zero-order valence-corrected chi connectivity index (χ0v) is 24.2. The van der Waals surface area contributed by atoms with Gasteiger partial charge in [0.1, 0.15) is 0 Å². The molecule has 2 aliphatic rings. The van der Waals surface area contributed by atoms with Gasteiger partial charge in [0.2, 0.25) is 0 Å². The van der Waals surface area contributed by atoms with E-state index in [1.165, 1.54) is 20.1 Å². The SMILES string of the molecule is COc1ccc(-c2cnc(Cn3ncc4cc(Cl)cc(C(=O)NC5CC6(CC(CCOC(C)=O)C6)C5)c43)cn2)cc1F. The van der Waals surface area contributed by atoms with Crippen LogP contribution >= 0.6 is 11.6 Å². The molecule has 4 aromatic rings. The number of esters is 1. The molecule has 42 heavy (non-hydrogen) atoms. The van der Waals surface area contributed by atoms with Crippen LogP contribution in [0.2, 0.25) is 5.02 Å². The predicted octanol–water partition coefficient (Wildman–Crippen LogP) is 5.58. The maximum atomic E-state index is 14.1. The first-order chi connectivity index (χ1) is 20.2. The fraction of sp³-hybridized carbons (Fsp3) is 0.387. The monoisotopic (exact) mass is 591 g/mol. The Balaban J connectivity index is 1.12. The van der Waals surface area contributed by atoms with Gasteiger partial charge in [0, 0.05) is 28.9 Å². The highest BCUT2D eigenvalue weighted by Gasteiger charge is 2.52. The van der Waals surface area contributed by atoms with Gasteiger partial charge in [-0.25, -0.2) is 4.39 Å². The van der Waals surface area contributed by atoms with Crippen molar-refractivity contribution in [1.29, 1.82) is 0 Å². The molecule has 0 bridgehead atoms. The van der Waals surface area contributed by atoms with Gasteiger partial charge in [0.25, 0.3) is 5.91 Å². The molecule has 1 amide bonds. The van der Waals surface area contributed by atoms with Crippen molar-refractivity contribution in [3.05, 3.63) is 71.0 Å². The van der Waals surface area contributed by atoms with Crippen LogP contribution in [-0.4, -0.2) is 51.4 Å². The molecular formula is C31H31ClFN5O4. The molecule has 2 saturated carbocycles.